The van der Waals surface area contributed by atoms with Gasteiger partial charge in [0.1, 0.15) is 11.6 Å². The molecule has 1 aliphatic heterocycles. The Hall–Kier alpha value is -4.39. The number of methoxy groups -OCH3 is 1. The molecule has 3 saturated carbocycles. The lowest BCUT2D eigenvalue weighted by Crippen LogP contribution is -2.57. The third kappa shape index (κ3) is 5.85. The van der Waals surface area contributed by atoms with E-state index >= 15 is 0 Å². The summed E-state index contributed by atoms with van der Waals surface area (Å²) in [6, 6.07) is 10.9. The van der Waals surface area contributed by atoms with Crippen molar-refractivity contribution in [1.29, 1.82) is 0 Å². The molecule has 4 aliphatic rings. The van der Waals surface area contributed by atoms with Crippen molar-refractivity contribution in [2.45, 2.75) is 65.6 Å². The standard InChI is InChI=1S/C34H43FN10O2/c1-19-18-44(13-11-36-19)33(39-28-15-22-14-26(20(28)2)34(22,3)4)37-23-7-9-25-29(16-23)38-31(30-40-42-43-41-30)45(32(25)46)12-10-21-6-8-24(47-5)17-27(21)35/h6-9,16-17,19-20,22,26,28,36H,10-15,18H2,1-5H3,(H,37,39)(H,40,41,42,43)/t19-,20-,22+,26-,28?/m0/s1. The normalized spacial score (nSPS) is 25.4. The molecule has 8 rings (SSSR count). The van der Waals surface area contributed by atoms with Crippen LogP contribution in [0.3, 0.4) is 0 Å². The van der Waals surface area contributed by atoms with Gasteiger partial charge in [-0.3, -0.25) is 9.36 Å². The molecular formula is C34H43FN10O2. The van der Waals surface area contributed by atoms with Crippen LogP contribution in [0.25, 0.3) is 22.6 Å². The predicted molar refractivity (Wildman–Crippen MR) is 179 cm³/mol. The highest BCUT2D eigenvalue weighted by Crippen LogP contribution is 2.61. The Balaban J connectivity index is 1.21. The molecule has 4 fully saturated rings. The summed E-state index contributed by atoms with van der Waals surface area (Å²) in [5.41, 5.74) is 1.87. The maximum absolute atomic E-state index is 14.8. The quantitative estimate of drug-likeness (QED) is 0.201. The summed E-state index contributed by atoms with van der Waals surface area (Å²) in [6.07, 6.45) is 2.67. The number of aromatic nitrogens is 6. The fraction of sp³-hybridized carbons (Fsp3) is 0.529. The molecule has 12 nitrogen and oxygen atoms in total. The zero-order chi connectivity index (χ0) is 32.9. The van der Waals surface area contributed by atoms with Crippen molar-refractivity contribution in [3.05, 3.63) is 58.1 Å². The molecular weight excluding hydrogens is 599 g/mol. The lowest BCUT2D eigenvalue weighted by atomic mass is 9.45. The van der Waals surface area contributed by atoms with Gasteiger partial charge < -0.3 is 20.3 Å². The highest BCUT2D eigenvalue weighted by Gasteiger charge is 2.56. The second-order valence-corrected chi connectivity index (χ2v) is 14.0. The Bertz CT molecular complexity index is 1860. The molecule has 5 atom stereocenters. The van der Waals surface area contributed by atoms with Crippen molar-refractivity contribution in [2.75, 3.05) is 32.1 Å². The van der Waals surface area contributed by atoms with E-state index in [1.54, 1.807) is 18.2 Å². The number of H-pyrrole nitrogens is 1. The van der Waals surface area contributed by atoms with Gasteiger partial charge in [0.2, 0.25) is 5.82 Å². The molecule has 1 unspecified atom stereocenters. The summed E-state index contributed by atoms with van der Waals surface area (Å²) in [5.74, 6) is 3.23. The summed E-state index contributed by atoms with van der Waals surface area (Å²) in [6.45, 7) is 12.1. The van der Waals surface area contributed by atoms with Crippen LogP contribution >= 0.6 is 0 Å². The molecule has 0 radical (unpaired) electrons. The van der Waals surface area contributed by atoms with Gasteiger partial charge in [-0.15, -0.1) is 10.2 Å². The van der Waals surface area contributed by atoms with E-state index in [0.29, 0.717) is 51.4 Å². The van der Waals surface area contributed by atoms with Gasteiger partial charge in [-0.25, -0.2) is 14.4 Å². The number of piperazine rings is 1. The number of ether oxygens (including phenoxy) is 1. The number of fused-ring (bicyclic) bond motifs is 3. The molecule has 47 heavy (non-hydrogen) atoms. The first-order valence-corrected chi connectivity index (χ1v) is 16.6. The molecule has 0 spiro atoms. The number of aryl methyl sites for hydroxylation is 1. The highest BCUT2D eigenvalue weighted by molar-refractivity contribution is 5.96. The molecule has 3 heterocycles. The number of tetrazole rings is 1. The lowest BCUT2D eigenvalue weighted by Gasteiger charge is -2.61. The van der Waals surface area contributed by atoms with Crippen LogP contribution < -0.4 is 20.9 Å². The van der Waals surface area contributed by atoms with Crippen molar-refractivity contribution in [3.8, 4) is 17.4 Å². The smallest absolute Gasteiger partial charge is 0.261 e. The topological polar surface area (TPSA) is 138 Å². The number of halogens is 1. The van der Waals surface area contributed by atoms with Gasteiger partial charge in [0, 0.05) is 44.0 Å². The summed E-state index contributed by atoms with van der Waals surface area (Å²) in [5, 5.41) is 22.0. The van der Waals surface area contributed by atoms with Crippen LogP contribution in [0, 0.1) is 29.0 Å². The third-order valence-corrected chi connectivity index (χ3v) is 10.9. The number of anilines is 1. The van der Waals surface area contributed by atoms with Crippen LogP contribution in [-0.2, 0) is 13.0 Å². The minimum Gasteiger partial charge on any atom is -0.497 e. The molecule has 13 heteroatoms. The Morgan fingerprint density at radius 1 is 1.19 bits per heavy atom. The number of benzene rings is 2. The van der Waals surface area contributed by atoms with Gasteiger partial charge >= 0.3 is 0 Å². The van der Waals surface area contributed by atoms with E-state index in [1.807, 2.05) is 12.1 Å². The van der Waals surface area contributed by atoms with E-state index in [1.165, 1.54) is 24.2 Å². The first-order chi connectivity index (χ1) is 22.6. The predicted octanol–water partition coefficient (Wildman–Crippen LogP) is 4.10. The molecule has 2 aromatic carbocycles. The fourth-order valence-corrected chi connectivity index (χ4v) is 7.92. The summed E-state index contributed by atoms with van der Waals surface area (Å²) >= 11 is 0. The number of hydrogen-bond donors (Lipinski definition) is 3. The number of hydrogen-bond acceptors (Lipinski definition) is 8. The average molecular weight is 643 g/mol. The molecule has 4 aromatic rings. The van der Waals surface area contributed by atoms with Crippen LogP contribution in [0.4, 0.5) is 10.1 Å². The largest absolute Gasteiger partial charge is 0.497 e. The van der Waals surface area contributed by atoms with Gasteiger partial charge in [0.25, 0.3) is 5.56 Å². The van der Waals surface area contributed by atoms with E-state index in [-0.39, 0.29) is 36.2 Å². The first kappa shape index (κ1) is 31.2. The monoisotopic (exact) mass is 642 g/mol. The van der Waals surface area contributed by atoms with Gasteiger partial charge in [-0.05, 0) is 84.4 Å². The van der Waals surface area contributed by atoms with Crippen molar-refractivity contribution in [2.24, 2.45) is 28.2 Å². The molecule has 2 aromatic heterocycles. The van der Waals surface area contributed by atoms with Gasteiger partial charge in [-0.1, -0.05) is 26.8 Å². The van der Waals surface area contributed by atoms with Gasteiger partial charge in [0.15, 0.2) is 11.8 Å². The zero-order valence-corrected chi connectivity index (χ0v) is 27.6. The first-order valence-electron chi connectivity index (χ1n) is 16.6. The molecule has 0 amide bonds. The van der Waals surface area contributed by atoms with Gasteiger partial charge in [0.05, 0.1) is 24.1 Å². The van der Waals surface area contributed by atoms with E-state index in [4.69, 9.17) is 14.7 Å². The highest BCUT2D eigenvalue weighted by atomic mass is 19.1. The van der Waals surface area contributed by atoms with E-state index in [0.717, 1.165) is 37.7 Å². The molecule has 248 valence electrons. The van der Waals surface area contributed by atoms with Crippen LogP contribution in [-0.4, -0.2) is 79.9 Å². The Kier molecular flexibility index (Phi) is 8.19. The van der Waals surface area contributed by atoms with Crippen molar-refractivity contribution >= 4 is 22.5 Å². The van der Waals surface area contributed by atoms with Gasteiger partial charge in [-0.2, -0.15) is 5.21 Å². The Morgan fingerprint density at radius 3 is 2.74 bits per heavy atom. The molecule has 3 N–H and O–H groups in total. The number of nitrogens with one attached hydrogen (secondary N) is 3. The lowest BCUT2D eigenvalue weighted by molar-refractivity contribution is -0.108. The SMILES string of the molecule is COc1ccc(CCn2c(-c3nn[nH]n3)nc3cc(N/C(=N/C4C[C@H]5C[C@@H]([C@@H]4C)C5(C)C)N4CCN[C@@H](C)C4)ccc3c2=O)c(F)c1. The minimum atomic E-state index is -0.400. The number of rotatable bonds is 7. The fourth-order valence-electron chi connectivity index (χ4n) is 7.92. The minimum absolute atomic E-state index is 0.172. The van der Waals surface area contributed by atoms with Crippen LogP contribution in [0.15, 0.2) is 46.2 Å². The number of aliphatic imine (C=N–C) groups is 1. The average Bonchev–Trinajstić information content (AvgIpc) is 3.60. The second-order valence-electron chi connectivity index (χ2n) is 14.0. The summed E-state index contributed by atoms with van der Waals surface area (Å²) < 4.78 is 21.4. The van der Waals surface area contributed by atoms with Crippen molar-refractivity contribution in [3.63, 3.8) is 0 Å². The maximum Gasteiger partial charge on any atom is 0.261 e. The Morgan fingerprint density at radius 2 is 2.04 bits per heavy atom. The zero-order valence-electron chi connectivity index (χ0n) is 27.6. The summed E-state index contributed by atoms with van der Waals surface area (Å²) in [7, 11) is 1.49. The van der Waals surface area contributed by atoms with E-state index < -0.39 is 5.82 Å². The van der Waals surface area contributed by atoms with Crippen LogP contribution in [0.2, 0.25) is 0 Å². The second kappa shape index (κ2) is 12.3. The van der Waals surface area contributed by atoms with E-state index in [2.05, 4.69) is 63.9 Å². The van der Waals surface area contributed by atoms with Crippen LogP contribution in [0.5, 0.6) is 5.75 Å². The molecule has 2 bridgehead atoms. The number of nitrogens with zero attached hydrogens (tertiary/aromatic N) is 7. The van der Waals surface area contributed by atoms with Crippen molar-refractivity contribution < 1.29 is 9.13 Å². The third-order valence-electron chi connectivity index (χ3n) is 10.9. The van der Waals surface area contributed by atoms with Crippen LogP contribution in [0.1, 0.15) is 46.1 Å². The number of guanidine groups is 1. The van der Waals surface area contributed by atoms with E-state index in [9.17, 15) is 9.18 Å². The van der Waals surface area contributed by atoms with Crippen molar-refractivity contribution in [1.82, 2.24) is 40.4 Å². The molecule has 3 aliphatic carbocycles. The maximum atomic E-state index is 14.8. The Labute approximate surface area is 273 Å². The summed E-state index contributed by atoms with van der Waals surface area (Å²) in [4.78, 5) is 26.5. The molecule has 1 saturated heterocycles. The number of aromatic amines is 1.